The van der Waals surface area contributed by atoms with E-state index < -0.39 is 65.3 Å². The fourth-order valence-electron chi connectivity index (χ4n) is 2.55. The zero-order valence-corrected chi connectivity index (χ0v) is 19.8. The van der Waals surface area contributed by atoms with Crippen molar-refractivity contribution in [1.82, 2.24) is 21.3 Å². The summed E-state index contributed by atoms with van der Waals surface area (Å²) in [4.78, 5) is 62.3. The molecule has 0 spiro atoms. The Balaban J connectivity index is 2.34. The Morgan fingerprint density at radius 3 is 1.92 bits per heavy atom. The van der Waals surface area contributed by atoms with Crippen LogP contribution < -0.4 is 37.9 Å². The molecule has 1 rings (SSSR count). The van der Waals surface area contributed by atoms with Gasteiger partial charge in [0.2, 0.25) is 27.7 Å². The summed E-state index contributed by atoms with van der Waals surface area (Å²) < 4.78 is 22.4. The molecule has 0 saturated heterocycles. The summed E-state index contributed by atoms with van der Waals surface area (Å²) in [6, 6.07) is 3.49. The molecule has 0 bridgehead atoms. The molecule has 0 fully saturated rings. The number of nitrogens with one attached hydrogen (secondary N) is 4. The molecule has 0 aliphatic rings. The third kappa shape index (κ3) is 11.7. The maximum absolute atomic E-state index is 12.0. The van der Waals surface area contributed by atoms with Gasteiger partial charge in [0, 0.05) is 12.1 Å². The molecule has 16 nitrogen and oxygen atoms in total. The van der Waals surface area contributed by atoms with Crippen molar-refractivity contribution in [2.75, 3.05) is 26.2 Å². The predicted octanol–water partition coefficient (Wildman–Crippen LogP) is -4.08. The Morgan fingerprint density at radius 1 is 0.889 bits per heavy atom. The summed E-state index contributed by atoms with van der Waals surface area (Å²) in [6.45, 7) is -1.34. The van der Waals surface area contributed by atoms with Crippen LogP contribution in [0.1, 0.15) is 23.2 Å². The standard InChI is InChI=1S/C19H28N8O8S/c20-19(21)23-7-1-2-13(18(32)33)27-16(30)10-25-14(28)8-24-15(29)9-26-17(31)11-3-5-12(6-4-11)36(22,34)35/h3-6,13H,1-2,7-10H2,(H,24,29)(H,25,28)(H,26,31)(H,27,30)(H,32,33)(H4,20,21,23)(H2,22,34,35)/t13-/m0/s1. The van der Waals surface area contributed by atoms with Crippen LogP contribution in [0.3, 0.4) is 0 Å². The summed E-state index contributed by atoms with van der Waals surface area (Å²) in [7, 11) is -3.91. The van der Waals surface area contributed by atoms with E-state index in [1.807, 2.05) is 0 Å². The van der Waals surface area contributed by atoms with E-state index in [0.29, 0.717) is 6.42 Å². The molecular weight excluding hydrogens is 500 g/mol. The normalized spacial score (nSPS) is 11.5. The topological polar surface area (TPSA) is 278 Å². The Hall–Kier alpha value is -4.25. The molecule has 1 aromatic carbocycles. The minimum atomic E-state index is -3.91. The smallest absolute Gasteiger partial charge is 0.326 e. The van der Waals surface area contributed by atoms with E-state index in [0.717, 1.165) is 12.1 Å². The first-order valence-electron chi connectivity index (χ1n) is 10.3. The zero-order chi connectivity index (χ0) is 27.3. The van der Waals surface area contributed by atoms with Crippen molar-refractivity contribution in [1.29, 1.82) is 0 Å². The van der Waals surface area contributed by atoms with E-state index in [1.54, 1.807) is 0 Å². The molecule has 0 aliphatic carbocycles. The molecule has 4 amide bonds. The van der Waals surface area contributed by atoms with Crippen molar-refractivity contribution in [3.8, 4) is 0 Å². The van der Waals surface area contributed by atoms with Gasteiger partial charge < -0.3 is 37.8 Å². The van der Waals surface area contributed by atoms with Crippen molar-refractivity contribution < 1.29 is 37.5 Å². The Labute approximate surface area is 206 Å². The SMILES string of the molecule is NC(N)=NCCC[C@H](NC(=O)CNC(=O)CNC(=O)CNC(=O)c1ccc(S(N)(=O)=O)cc1)C(=O)O. The van der Waals surface area contributed by atoms with E-state index in [4.69, 9.17) is 21.7 Å². The highest BCUT2D eigenvalue weighted by atomic mass is 32.2. The zero-order valence-electron chi connectivity index (χ0n) is 19.0. The number of carbonyl (C=O) groups is 5. The lowest BCUT2D eigenvalue weighted by atomic mass is 10.1. The molecule has 11 N–H and O–H groups in total. The van der Waals surface area contributed by atoms with Crippen LogP contribution in [0, 0.1) is 0 Å². The van der Waals surface area contributed by atoms with Gasteiger partial charge in [-0.05, 0) is 37.1 Å². The second-order valence-corrected chi connectivity index (χ2v) is 8.77. The quantitative estimate of drug-likeness (QED) is 0.0656. The average molecular weight is 529 g/mol. The lowest BCUT2D eigenvalue weighted by Gasteiger charge is -2.14. The lowest BCUT2D eigenvalue weighted by molar-refractivity contribution is -0.142. The number of nitrogens with two attached hydrogens (primary N) is 3. The third-order valence-corrected chi connectivity index (χ3v) is 5.25. The fraction of sp³-hybridized carbons (Fsp3) is 0.368. The molecule has 198 valence electrons. The van der Waals surface area contributed by atoms with Crippen LogP contribution in [0.4, 0.5) is 0 Å². The van der Waals surface area contributed by atoms with Crippen LogP contribution in [0.2, 0.25) is 0 Å². The number of aliphatic imine (C=N–C) groups is 1. The number of hydrogen-bond donors (Lipinski definition) is 8. The number of carbonyl (C=O) groups excluding carboxylic acids is 4. The van der Waals surface area contributed by atoms with Gasteiger partial charge in [0.15, 0.2) is 5.96 Å². The maximum atomic E-state index is 12.0. The number of aliphatic carboxylic acids is 1. The minimum Gasteiger partial charge on any atom is -0.480 e. The summed E-state index contributed by atoms with van der Waals surface area (Å²) in [5.74, 6) is -4.28. The number of amides is 4. The van der Waals surface area contributed by atoms with Crippen LogP contribution >= 0.6 is 0 Å². The molecule has 0 aromatic heterocycles. The monoisotopic (exact) mass is 528 g/mol. The number of primary sulfonamides is 1. The van der Waals surface area contributed by atoms with Crippen molar-refractivity contribution in [3.05, 3.63) is 29.8 Å². The van der Waals surface area contributed by atoms with Crippen molar-refractivity contribution >= 4 is 45.6 Å². The fourth-order valence-corrected chi connectivity index (χ4v) is 3.06. The van der Waals surface area contributed by atoms with Gasteiger partial charge in [0.1, 0.15) is 6.04 Å². The van der Waals surface area contributed by atoms with Gasteiger partial charge >= 0.3 is 5.97 Å². The Bertz CT molecular complexity index is 1100. The van der Waals surface area contributed by atoms with Crippen molar-refractivity contribution in [2.24, 2.45) is 21.6 Å². The van der Waals surface area contributed by atoms with E-state index in [2.05, 4.69) is 26.3 Å². The van der Waals surface area contributed by atoms with Gasteiger partial charge in [-0.15, -0.1) is 0 Å². The molecule has 0 unspecified atom stereocenters. The minimum absolute atomic E-state index is 0.0594. The molecule has 1 aromatic rings. The van der Waals surface area contributed by atoms with Crippen LogP contribution in [0.25, 0.3) is 0 Å². The van der Waals surface area contributed by atoms with E-state index in [-0.39, 0.29) is 29.4 Å². The third-order valence-electron chi connectivity index (χ3n) is 4.33. The van der Waals surface area contributed by atoms with Gasteiger partial charge in [0.25, 0.3) is 5.91 Å². The number of carboxylic acid groups (broad SMARTS) is 1. The summed E-state index contributed by atoms with van der Waals surface area (Å²) in [6.07, 6.45) is 0.356. The second-order valence-electron chi connectivity index (χ2n) is 7.21. The van der Waals surface area contributed by atoms with Crippen LogP contribution in [0.15, 0.2) is 34.2 Å². The number of nitrogens with zero attached hydrogens (tertiary/aromatic N) is 1. The number of guanidine groups is 1. The highest BCUT2D eigenvalue weighted by molar-refractivity contribution is 7.89. The van der Waals surface area contributed by atoms with Gasteiger partial charge in [-0.25, -0.2) is 18.4 Å². The van der Waals surface area contributed by atoms with Crippen molar-refractivity contribution in [3.63, 3.8) is 0 Å². The second kappa shape index (κ2) is 14.2. The van der Waals surface area contributed by atoms with E-state index >= 15 is 0 Å². The molecule has 0 aliphatic heterocycles. The van der Waals surface area contributed by atoms with E-state index in [9.17, 15) is 32.4 Å². The lowest BCUT2D eigenvalue weighted by Crippen LogP contribution is -2.47. The number of carboxylic acids is 1. The van der Waals surface area contributed by atoms with Gasteiger partial charge in [-0.3, -0.25) is 24.2 Å². The number of rotatable bonds is 14. The first-order chi connectivity index (χ1) is 16.8. The van der Waals surface area contributed by atoms with Gasteiger partial charge in [0.05, 0.1) is 24.5 Å². The summed E-state index contributed by atoms with van der Waals surface area (Å²) >= 11 is 0. The average Bonchev–Trinajstić information content (AvgIpc) is 2.80. The molecule has 0 heterocycles. The van der Waals surface area contributed by atoms with Crippen LogP contribution in [-0.2, 0) is 29.2 Å². The Morgan fingerprint density at radius 2 is 1.42 bits per heavy atom. The van der Waals surface area contributed by atoms with Crippen molar-refractivity contribution in [2.45, 2.75) is 23.8 Å². The summed E-state index contributed by atoms with van der Waals surface area (Å²) in [5.41, 5.74) is 10.4. The first kappa shape index (κ1) is 29.8. The van der Waals surface area contributed by atoms with Gasteiger partial charge in [-0.2, -0.15) is 0 Å². The number of benzene rings is 1. The molecule has 0 radical (unpaired) electrons. The molecule has 0 saturated carbocycles. The Kier molecular flexibility index (Phi) is 11.8. The van der Waals surface area contributed by atoms with Crippen LogP contribution in [-0.4, -0.2) is 81.3 Å². The van der Waals surface area contributed by atoms with E-state index in [1.165, 1.54) is 12.1 Å². The van der Waals surface area contributed by atoms with Crippen LogP contribution in [0.5, 0.6) is 0 Å². The highest BCUT2D eigenvalue weighted by Crippen LogP contribution is 2.08. The maximum Gasteiger partial charge on any atom is 0.326 e. The molecule has 1 atom stereocenters. The van der Waals surface area contributed by atoms with Gasteiger partial charge in [-0.1, -0.05) is 0 Å². The predicted molar refractivity (Wildman–Crippen MR) is 126 cm³/mol. The number of sulfonamides is 1. The summed E-state index contributed by atoms with van der Waals surface area (Å²) in [5, 5.41) is 23.1. The largest absolute Gasteiger partial charge is 0.480 e. The first-order valence-corrected chi connectivity index (χ1v) is 11.9. The highest BCUT2D eigenvalue weighted by Gasteiger charge is 2.19. The molecular formula is C19H28N8O8S. The molecule has 36 heavy (non-hydrogen) atoms. The number of hydrogen-bond acceptors (Lipinski definition) is 8. The molecule has 17 heteroatoms.